The minimum absolute atomic E-state index is 0.0425. The fourth-order valence-corrected chi connectivity index (χ4v) is 3.85. The van der Waals surface area contributed by atoms with Crippen LogP contribution in [-0.2, 0) is 4.79 Å². The Morgan fingerprint density at radius 1 is 1.24 bits per heavy atom. The van der Waals surface area contributed by atoms with Crippen molar-refractivity contribution in [3.63, 3.8) is 0 Å². The number of fused-ring (bicyclic) bond motifs is 1. The van der Waals surface area contributed by atoms with Gasteiger partial charge in [-0.2, -0.15) is 0 Å². The van der Waals surface area contributed by atoms with Crippen LogP contribution in [0, 0.1) is 0 Å². The summed E-state index contributed by atoms with van der Waals surface area (Å²) in [5.41, 5.74) is 0.775. The van der Waals surface area contributed by atoms with Gasteiger partial charge in [-0.15, -0.1) is 0 Å². The van der Waals surface area contributed by atoms with Gasteiger partial charge >= 0.3 is 0 Å². The van der Waals surface area contributed by atoms with Gasteiger partial charge in [-0.25, -0.2) is 0 Å². The number of hydrogen-bond donors (Lipinski definition) is 0. The highest BCUT2D eigenvalue weighted by Crippen LogP contribution is 2.41. The summed E-state index contributed by atoms with van der Waals surface area (Å²) in [6.45, 7) is 8.16. The number of benzene rings is 1. The molecule has 2 aliphatic rings. The zero-order valence-corrected chi connectivity index (χ0v) is 15.8. The molecule has 6 nitrogen and oxygen atoms in total. The third-order valence-electron chi connectivity index (χ3n) is 3.73. The number of ether oxygens (including phenoxy) is 3. The molecule has 2 aliphatic heterocycles. The maximum atomic E-state index is 12.8. The second-order valence-corrected chi connectivity index (χ2v) is 7.34. The number of amidine groups is 1. The minimum atomic E-state index is -0.0425. The van der Waals surface area contributed by atoms with Crippen LogP contribution in [0.15, 0.2) is 22.0 Å². The van der Waals surface area contributed by atoms with E-state index in [1.165, 1.54) is 11.8 Å². The number of thioether (sulfide) groups is 1. The molecule has 25 heavy (non-hydrogen) atoms. The van der Waals surface area contributed by atoms with E-state index >= 15 is 0 Å². The van der Waals surface area contributed by atoms with Crippen molar-refractivity contribution in [2.45, 2.75) is 39.8 Å². The Hall–Kier alpha value is -2.15. The van der Waals surface area contributed by atoms with Crippen LogP contribution in [0.3, 0.4) is 0 Å². The second-order valence-electron chi connectivity index (χ2n) is 6.33. The van der Waals surface area contributed by atoms with Crippen LogP contribution < -0.4 is 14.2 Å². The molecular weight excluding hydrogens is 340 g/mol. The number of nitrogens with zero attached hydrogens (tertiary/aromatic N) is 2. The van der Waals surface area contributed by atoms with Crippen molar-refractivity contribution in [1.82, 2.24) is 4.90 Å². The van der Waals surface area contributed by atoms with E-state index in [9.17, 15) is 4.79 Å². The van der Waals surface area contributed by atoms with Gasteiger partial charge in [0.05, 0.1) is 12.0 Å². The van der Waals surface area contributed by atoms with E-state index in [0.717, 1.165) is 10.7 Å². The van der Waals surface area contributed by atoms with Gasteiger partial charge in [-0.05, 0) is 51.6 Å². The van der Waals surface area contributed by atoms with Crippen LogP contribution in [0.25, 0.3) is 6.08 Å². The molecule has 1 aromatic rings. The molecule has 2 heterocycles. The Morgan fingerprint density at radius 3 is 2.52 bits per heavy atom. The lowest BCUT2D eigenvalue weighted by Crippen LogP contribution is -2.35. The lowest BCUT2D eigenvalue weighted by atomic mass is 10.1. The molecule has 0 aromatic heterocycles. The van der Waals surface area contributed by atoms with Gasteiger partial charge in [0.15, 0.2) is 16.7 Å². The predicted molar refractivity (Wildman–Crippen MR) is 99.2 cm³/mol. The van der Waals surface area contributed by atoms with Crippen molar-refractivity contribution in [2.75, 3.05) is 13.9 Å². The molecule has 0 N–H and O–H groups in total. The van der Waals surface area contributed by atoms with E-state index < -0.39 is 0 Å². The average Bonchev–Trinajstić information content (AvgIpc) is 3.10. The van der Waals surface area contributed by atoms with Crippen molar-refractivity contribution < 1.29 is 19.0 Å². The Morgan fingerprint density at radius 2 is 1.92 bits per heavy atom. The van der Waals surface area contributed by atoms with Crippen molar-refractivity contribution in [3.05, 3.63) is 22.6 Å². The number of aliphatic imine (C=N–C) groups is 1. The minimum Gasteiger partial charge on any atom is -0.496 e. The largest absolute Gasteiger partial charge is 0.496 e. The summed E-state index contributed by atoms with van der Waals surface area (Å²) in [5.74, 6) is 1.89. The van der Waals surface area contributed by atoms with Crippen LogP contribution in [0.1, 0.15) is 33.3 Å². The van der Waals surface area contributed by atoms with Crippen LogP contribution in [0.2, 0.25) is 0 Å². The van der Waals surface area contributed by atoms with E-state index in [1.807, 2.05) is 39.8 Å². The number of carbonyl (C=O) groups excluding carboxylic acids is 1. The van der Waals surface area contributed by atoms with Gasteiger partial charge in [0.2, 0.25) is 6.79 Å². The van der Waals surface area contributed by atoms with E-state index in [4.69, 9.17) is 14.2 Å². The monoisotopic (exact) mass is 362 g/mol. The van der Waals surface area contributed by atoms with E-state index in [1.54, 1.807) is 18.1 Å². The van der Waals surface area contributed by atoms with E-state index in [-0.39, 0.29) is 24.8 Å². The predicted octanol–water partition coefficient (Wildman–Crippen LogP) is 3.51. The SMILES string of the molecule is COc1cc2c(cc1/C=C1/SC(=NC(C)C)N(C(C)C)C1=O)OCO2. The Bertz CT molecular complexity index is 756. The third kappa shape index (κ3) is 3.46. The molecule has 0 spiro atoms. The van der Waals surface area contributed by atoms with Gasteiger partial charge < -0.3 is 14.2 Å². The Balaban J connectivity index is 2.00. The molecule has 0 bridgehead atoms. The average molecular weight is 362 g/mol. The quantitative estimate of drug-likeness (QED) is 0.767. The fraction of sp³-hybridized carbons (Fsp3) is 0.444. The van der Waals surface area contributed by atoms with Gasteiger partial charge in [0, 0.05) is 23.7 Å². The number of carbonyl (C=O) groups is 1. The third-order valence-corrected chi connectivity index (χ3v) is 4.73. The highest BCUT2D eigenvalue weighted by Gasteiger charge is 2.35. The van der Waals surface area contributed by atoms with Crippen molar-refractivity contribution in [3.8, 4) is 17.2 Å². The maximum absolute atomic E-state index is 12.8. The molecule has 0 aliphatic carbocycles. The Labute approximate surface area is 151 Å². The first-order chi connectivity index (χ1) is 11.9. The lowest BCUT2D eigenvalue weighted by Gasteiger charge is -2.20. The smallest absolute Gasteiger partial charge is 0.266 e. The van der Waals surface area contributed by atoms with Gasteiger partial charge in [-0.1, -0.05) is 0 Å². The van der Waals surface area contributed by atoms with Crippen LogP contribution in [0.4, 0.5) is 0 Å². The van der Waals surface area contributed by atoms with Crippen LogP contribution >= 0.6 is 11.8 Å². The summed E-state index contributed by atoms with van der Waals surface area (Å²) < 4.78 is 16.2. The van der Waals surface area contributed by atoms with Gasteiger partial charge in [0.1, 0.15) is 5.75 Å². The van der Waals surface area contributed by atoms with Gasteiger partial charge in [0.25, 0.3) is 5.91 Å². The first-order valence-electron chi connectivity index (χ1n) is 8.19. The molecule has 1 amide bonds. The number of rotatable bonds is 4. The van der Waals surface area contributed by atoms with Crippen molar-refractivity contribution in [2.24, 2.45) is 4.99 Å². The normalized spacial score (nSPS) is 19.8. The molecule has 0 radical (unpaired) electrons. The van der Waals surface area contributed by atoms with Crippen molar-refractivity contribution in [1.29, 1.82) is 0 Å². The van der Waals surface area contributed by atoms with Gasteiger partial charge in [-0.3, -0.25) is 14.7 Å². The summed E-state index contributed by atoms with van der Waals surface area (Å²) in [6, 6.07) is 3.78. The summed E-state index contributed by atoms with van der Waals surface area (Å²) in [5, 5.41) is 0.737. The summed E-state index contributed by atoms with van der Waals surface area (Å²) in [6.07, 6.45) is 1.83. The maximum Gasteiger partial charge on any atom is 0.266 e. The molecule has 1 fully saturated rings. The molecule has 3 rings (SSSR count). The van der Waals surface area contributed by atoms with Crippen LogP contribution in [0.5, 0.6) is 17.2 Å². The number of hydrogen-bond acceptors (Lipinski definition) is 6. The summed E-state index contributed by atoms with van der Waals surface area (Å²) in [7, 11) is 1.59. The molecule has 1 aromatic carbocycles. The molecule has 0 unspecified atom stereocenters. The van der Waals surface area contributed by atoms with E-state index in [0.29, 0.717) is 22.2 Å². The van der Waals surface area contributed by atoms with E-state index in [2.05, 4.69) is 4.99 Å². The first kappa shape index (κ1) is 17.7. The summed E-state index contributed by atoms with van der Waals surface area (Å²) in [4.78, 5) is 19.8. The molecule has 7 heteroatoms. The molecule has 0 atom stereocenters. The highest BCUT2D eigenvalue weighted by atomic mass is 32.2. The standard InChI is InChI=1S/C18H22N2O4S/c1-10(2)19-18-20(11(3)4)17(21)16(25-18)7-12-6-14-15(24-9-23-14)8-13(12)22-5/h6-8,10-11H,9H2,1-5H3/b16-7+,19-18?. The molecular formula is C18H22N2O4S. The molecule has 1 saturated heterocycles. The van der Waals surface area contributed by atoms with Crippen molar-refractivity contribution >= 4 is 28.9 Å². The fourth-order valence-electron chi connectivity index (χ4n) is 2.62. The van der Waals surface area contributed by atoms with Crippen LogP contribution in [-0.4, -0.2) is 42.0 Å². The first-order valence-corrected chi connectivity index (χ1v) is 9.01. The zero-order chi connectivity index (χ0) is 18.1. The lowest BCUT2D eigenvalue weighted by molar-refractivity contribution is -0.123. The zero-order valence-electron chi connectivity index (χ0n) is 15.0. The molecule has 134 valence electrons. The number of amides is 1. The second kappa shape index (κ2) is 7.00. The molecule has 0 saturated carbocycles. The number of methoxy groups -OCH3 is 1. The summed E-state index contributed by atoms with van der Waals surface area (Å²) >= 11 is 1.39. The topological polar surface area (TPSA) is 60.4 Å². The highest BCUT2D eigenvalue weighted by molar-refractivity contribution is 8.18. The Kier molecular flexibility index (Phi) is 4.94.